The van der Waals surface area contributed by atoms with Crippen LogP contribution in [0.5, 0.6) is 0 Å². The van der Waals surface area contributed by atoms with E-state index in [-0.39, 0.29) is 17.9 Å². The molecule has 0 spiro atoms. The summed E-state index contributed by atoms with van der Waals surface area (Å²) in [5.41, 5.74) is 1.11. The SMILES string of the molecule is O=C1CCC(C(=O)N(Cc2ccco2)C2CC2)=NN1c1ccccc1. The minimum Gasteiger partial charge on any atom is -0.467 e. The Kier molecular flexibility index (Phi) is 4.09. The predicted octanol–water partition coefficient (Wildman–Crippen LogP) is 2.95. The maximum atomic E-state index is 13.0. The van der Waals surface area contributed by atoms with E-state index < -0.39 is 0 Å². The van der Waals surface area contributed by atoms with Gasteiger partial charge in [0.15, 0.2) is 0 Å². The van der Waals surface area contributed by atoms with Crippen LogP contribution in [0.3, 0.4) is 0 Å². The smallest absolute Gasteiger partial charge is 0.270 e. The van der Waals surface area contributed by atoms with Crippen LogP contribution >= 0.6 is 0 Å². The average molecular weight is 337 g/mol. The second-order valence-corrected chi connectivity index (χ2v) is 6.33. The van der Waals surface area contributed by atoms with Gasteiger partial charge in [-0.25, -0.2) is 5.01 Å². The number of rotatable bonds is 5. The van der Waals surface area contributed by atoms with Crippen LogP contribution in [0.1, 0.15) is 31.4 Å². The lowest BCUT2D eigenvalue weighted by molar-refractivity contribution is -0.125. The van der Waals surface area contributed by atoms with Crippen molar-refractivity contribution >= 4 is 23.2 Å². The summed E-state index contributed by atoms with van der Waals surface area (Å²) in [6, 6.07) is 13.1. The number of amides is 2. The van der Waals surface area contributed by atoms with Crippen LogP contribution in [0.2, 0.25) is 0 Å². The van der Waals surface area contributed by atoms with E-state index in [1.807, 2.05) is 47.4 Å². The van der Waals surface area contributed by atoms with Crippen molar-refractivity contribution in [3.05, 3.63) is 54.5 Å². The average Bonchev–Trinajstić information content (AvgIpc) is 3.36. The predicted molar refractivity (Wildman–Crippen MR) is 92.9 cm³/mol. The third-order valence-electron chi connectivity index (χ3n) is 4.44. The van der Waals surface area contributed by atoms with E-state index >= 15 is 0 Å². The van der Waals surface area contributed by atoms with Gasteiger partial charge in [-0.15, -0.1) is 0 Å². The fourth-order valence-electron chi connectivity index (χ4n) is 2.97. The van der Waals surface area contributed by atoms with Gasteiger partial charge in [0.05, 0.1) is 18.5 Å². The number of benzene rings is 1. The highest BCUT2D eigenvalue weighted by Gasteiger charge is 2.36. The Hall–Kier alpha value is -2.89. The molecule has 0 bridgehead atoms. The lowest BCUT2D eigenvalue weighted by Crippen LogP contribution is -2.42. The number of carbonyl (C=O) groups is 2. The third kappa shape index (κ3) is 3.33. The summed E-state index contributed by atoms with van der Waals surface area (Å²) < 4.78 is 5.39. The topological polar surface area (TPSA) is 66.1 Å². The molecule has 1 saturated carbocycles. The Morgan fingerprint density at radius 2 is 1.96 bits per heavy atom. The molecule has 2 aromatic rings. The van der Waals surface area contributed by atoms with E-state index in [9.17, 15) is 9.59 Å². The van der Waals surface area contributed by atoms with Crippen molar-refractivity contribution in [3.8, 4) is 0 Å². The highest BCUT2D eigenvalue weighted by molar-refractivity contribution is 6.40. The van der Waals surface area contributed by atoms with Crippen molar-refractivity contribution in [2.45, 2.75) is 38.3 Å². The van der Waals surface area contributed by atoms with Crippen molar-refractivity contribution in [3.63, 3.8) is 0 Å². The largest absolute Gasteiger partial charge is 0.467 e. The Labute approximate surface area is 145 Å². The molecule has 6 nitrogen and oxygen atoms in total. The number of carbonyl (C=O) groups excluding carboxylic acids is 2. The molecular formula is C19H19N3O3. The molecule has 2 heterocycles. The molecule has 0 atom stereocenters. The van der Waals surface area contributed by atoms with E-state index in [0.717, 1.165) is 18.6 Å². The first kappa shape index (κ1) is 15.6. The van der Waals surface area contributed by atoms with Crippen molar-refractivity contribution in [1.82, 2.24) is 4.90 Å². The molecule has 0 unspecified atom stereocenters. The zero-order valence-corrected chi connectivity index (χ0v) is 13.8. The molecule has 25 heavy (non-hydrogen) atoms. The Morgan fingerprint density at radius 1 is 1.16 bits per heavy atom. The van der Waals surface area contributed by atoms with E-state index in [1.54, 1.807) is 6.26 Å². The van der Waals surface area contributed by atoms with Gasteiger partial charge in [-0.05, 0) is 37.1 Å². The fraction of sp³-hybridized carbons (Fsp3) is 0.316. The summed E-state index contributed by atoms with van der Waals surface area (Å²) in [5, 5.41) is 5.71. The zero-order chi connectivity index (χ0) is 17.2. The second-order valence-electron chi connectivity index (χ2n) is 6.33. The highest BCUT2D eigenvalue weighted by atomic mass is 16.3. The normalized spacial score (nSPS) is 17.4. The second kappa shape index (κ2) is 6.55. The van der Waals surface area contributed by atoms with Crippen LogP contribution in [0, 0.1) is 0 Å². The first-order valence-corrected chi connectivity index (χ1v) is 8.51. The van der Waals surface area contributed by atoms with Crippen molar-refractivity contribution in [2.75, 3.05) is 5.01 Å². The van der Waals surface area contributed by atoms with Crippen LogP contribution in [0.4, 0.5) is 5.69 Å². The standard InChI is InChI=1S/C19H19N3O3/c23-18-11-10-17(20-22(18)15-5-2-1-3-6-15)19(24)21(14-8-9-14)13-16-7-4-12-25-16/h1-7,12,14H,8-11,13H2. The van der Waals surface area contributed by atoms with Crippen LogP contribution in [0.25, 0.3) is 0 Å². The number of furan rings is 1. The monoisotopic (exact) mass is 337 g/mol. The van der Waals surface area contributed by atoms with E-state index in [2.05, 4.69) is 5.10 Å². The molecule has 1 aromatic heterocycles. The molecule has 2 aliphatic rings. The molecule has 0 radical (unpaired) electrons. The summed E-state index contributed by atoms with van der Waals surface area (Å²) in [6.45, 7) is 0.439. The first-order chi connectivity index (χ1) is 12.2. The number of hydrazone groups is 1. The van der Waals surface area contributed by atoms with Gasteiger partial charge >= 0.3 is 0 Å². The summed E-state index contributed by atoms with van der Waals surface area (Å²) in [4.78, 5) is 27.0. The molecule has 0 N–H and O–H groups in total. The summed E-state index contributed by atoms with van der Waals surface area (Å²) >= 11 is 0. The van der Waals surface area contributed by atoms with Crippen molar-refractivity contribution in [2.24, 2.45) is 5.10 Å². The molecule has 0 saturated heterocycles. The molecule has 6 heteroatoms. The van der Waals surface area contributed by atoms with Crippen LogP contribution in [-0.4, -0.2) is 28.5 Å². The van der Waals surface area contributed by atoms with Gasteiger partial charge in [0.1, 0.15) is 11.5 Å². The lowest BCUT2D eigenvalue weighted by atomic mass is 10.1. The van der Waals surface area contributed by atoms with Gasteiger partial charge in [0, 0.05) is 18.9 Å². The number of hydrogen-bond donors (Lipinski definition) is 0. The highest BCUT2D eigenvalue weighted by Crippen LogP contribution is 2.30. The summed E-state index contributed by atoms with van der Waals surface area (Å²) in [6.07, 6.45) is 4.28. The van der Waals surface area contributed by atoms with Gasteiger partial charge < -0.3 is 9.32 Å². The molecular weight excluding hydrogens is 318 g/mol. The quantitative estimate of drug-likeness (QED) is 0.842. The summed E-state index contributed by atoms with van der Waals surface area (Å²) in [7, 11) is 0. The maximum Gasteiger partial charge on any atom is 0.270 e. The lowest BCUT2D eigenvalue weighted by Gasteiger charge is -2.27. The van der Waals surface area contributed by atoms with E-state index in [1.165, 1.54) is 5.01 Å². The van der Waals surface area contributed by atoms with Crippen molar-refractivity contribution < 1.29 is 14.0 Å². The number of hydrogen-bond acceptors (Lipinski definition) is 4. The summed E-state index contributed by atoms with van der Waals surface area (Å²) in [5.74, 6) is 0.562. The van der Waals surface area contributed by atoms with Gasteiger partial charge in [-0.1, -0.05) is 18.2 Å². The van der Waals surface area contributed by atoms with E-state index in [4.69, 9.17) is 4.42 Å². The van der Waals surface area contributed by atoms with Crippen LogP contribution in [0.15, 0.2) is 58.2 Å². The van der Waals surface area contributed by atoms with Gasteiger partial charge in [-0.3, -0.25) is 9.59 Å². The van der Waals surface area contributed by atoms with Crippen LogP contribution in [-0.2, 0) is 16.1 Å². The first-order valence-electron chi connectivity index (χ1n) is 8.51. The minimum absolute atomic E-state index is 0.0910. The van der Waals surface area contributed by atoms with Gasteiger partial charge in [-0.2, -0.15) is 5.10 Å². The maximum absolute atomic E-state index is 13.0. The Bertz CT molecular complexity index is 795. The molecule has 2 amide bonds. The van der Waals surface area contributed by atoms with Crippen molar-refractivity contribution in [1.29, 1.82) is 0 Å². The van der Waals surface area contributed by atoms with Gasteiger partial charge in [0.25, 0.3) is 5.91 Å². The number of nitrogens with zero attached hydrogens (tertiary/aromatic N) is 3. The Morgan fingerprint density at radius 3 is 2.64 bits per heavy atom. The molecule has 128 valence electrons. The number of anilines is 1. The fourth-order valence-corrected chi connectivity index (χ4v) is 2.97. The Balaban J connectivity index is 1.58. The minimum atomic E-state index is -0.104. The molecule has 1 aromatic carbocycles. The molecule has 4 rings (SSSR count). The zero-order valence-electron chi connectivity index (χ0n) is 13.8. The molecule has 1 aliphatic heterocycles. The molecule has 1 aliphatic carbocycles. The molecule has 1 fully saturated rings. The van der Waals surface area contributed by atoms with Gasteiger partial charge in [0.2, 0.25) is 5.91 Å². The number of para-hydroxylation sites is 1. The third-order valence-corrected chi connectivity index (χ3v) is 4.44. The van der Waals surface area contributed by atoms with E-state index in [0.29, 0.717) is 30.8 Å². The van der Waals surface area contributed by atoms with Crippen LogP contribution < -0.4 is 5.01 Å².